The summed E-state index contributed by atoms with van der Waals surface area (Å²) in [5.74, 6) is -0.723. The Morgan fingerprint density at radius 3 is 2.44 bits per heavy atom. The van der Waals surface area contributed by atoms with E-state index >= 15 is 0 Å². The lowest BCUT2D eigenvalue weighted by molar-refractivity contribution is -0.129. The highest BCUT2D eigenvalue weighted by Gasteiger charge is 2.41. The van der Waals surface area contributed by atoms with Crippen LogP contribution in [0.25, 0.3) is 0 Å². The molecule has 2 aromatic carbocycles. The van der Waals surface area contributed by atoms with E-state index in [2.05, 4.69) is 10.6 Å². The summed E-state index contributed by atoms with van der Waals surface area (Å²) in [6.45, 7) is 1.90. The second-order valence-electron chi connectivity index (χ2n) is 8.72. The van der Waals surface area contributed by atoms with Crippen molar-refractivity contribution < 1.29 is 14.4 Å². The summed E-state index contributed by atoms with van der Waals surface area (Å²) in [7, 11) is 0. The van der Waals surface area contributed by atoms with Crippen molar-refractivity contribution in [3.63, 3.8) is 0 Å². The normalized spacial score (nSPS) is 20.2. The van der Waals surface area contributed by atoms with Gasteiger partial charge in [0.15, 0.2) is 0 Å². The maximum atomic E-state index is 13.7. The lowest BCUT2D eigenvalue weighted by atomic mass is 9.94. The second kappa shape index (κ2) is 9.98. The zero-order chi connectivity index (χ0) is 22.5. The fourth-order valence-corrected chi connectivity index (χ4v) is 4.84. The molecular weight excluding hydrogens is 402 g/mol. The molecule has 6 heteroatoms. The molecular formula is C26H31N3O3. The molecule has 0 saturated heterocycles. The first kappa shape index (κ1) is 22.1. The Bertz CT molecular complexity index is 969. The molecule has 1 aliphatic heterocycles. The van der Waals surface area contributed by atoms with E-state index in [0.29, 0.717) is 24.1 Å². The summed E-state index contributed by atoms with van der Waals surface area (Å²) in [6.07, 6.45) is 6.13. The number of carbonyl (C=O) groups excluding carboxylic acids is 3. The van der Waals surface area contributed by atoms with Gasteiger partial charge in [0.2, 0.25) is 11.8 Å². The largest absolute Gasteiger partial charge is 0.352 e. The predicted molar refractivity (Wildman–Crippen MR) is 124 cm³/mol. The molecule has 1 fully saturated rings. The first-order valence-corrected chi connectivity index (χ1v) is 11.7. The molecule has 1 heterocycles. The molecule has 0 aromatic heterocycles. The first-order chi connectivity index (χ1) is 15.6. The average Bonchev–Trinajstić information content (AvgIpc) is 2.91. The highest BCUT2D eigenvalue weighted by atomic mass is 16.2. The molecule has 1 saturated carbocycles. The van der Waals surface area contributed by atoms with Crippen molar-refractivity contribution in [2.45, 2.75) is 70.0 Å². The van der Waals surface area contributed by atoms with Gasteiger partial charge in [-0.15, -0.1) is 0 Å². The number of amides is 3. The molecule has 2 aliphatic rings. The molecule has 0 spiro atoms. The summed E-state index contributed by atoms with van der Waals surface area (Å²) in [5.41, 5.74) is 1.85. The maximum absolute atomic E-state index is 13.7. The van der Waals surface area contributed by atoms with Gasteiger partial charge in [0.1, 0.15) is 12.1 Å². The average molecular weight is 434 g/mol. The van der Waals surface area contributed by atoms with Crippen LogP contribution in [0.2, 0.25) is 0 Å². The molecule has 1 aliphatic carbocycles. The van der Waals surface area contributed by atoms with Crippen molar-refractivity contribution >= 4 is 23.4 Å². The molecule has 2 unspecified atom stereocenters. The Kier molecular flexibility index (Phi) is 6.88. The fourth-order valence-electron chi connectivity index (χ4n) is 4.84. The molecule has 3 amide bonds. The summed E-state index contributed by atoms with van der Waals surface area (Å²) in [4.78, 5) is 42.0. The van der Waals surface area contributed by atoms with Crippen molar-refractivity contribution in [1.29, 1.82) is 0 Å². The van der Waals surface area contributed by atoms with Crippen molar-refractivity contribution in [2.24, 2.45) is 0 Å². The van der Waals surface area contributed by atoms with Crippen molar-refractivity contribution in [2.75, 3.05) is 5.32 Å². The number of benzene rings is 2. The third-order valence-corrected chi connectivity index (χ3v) is 6.54. The highest BCUT2D eigenvalue weighted by molar-refractivity contribution is 6.11. The summed E-state index contributed by atoms with van der Waals surface area (Å²) in [5, 5.41) is 6.09. The Morgan fingerprint density at radius 2 is 1.72 bits per heavy atom. The fraction of sp³-hybridized carbons (Fsp3) is 0.423. The SMILES string of the molecule is CCC(C(=O)NC1CCCCC1)N1C(=O)c2ccccc2NC(=O)C1Cc1ccccc1. The minimum atomic E-state index is -0.778. The Balaban J connectivity index is 1.69. The standard InChI is InChI=1S/C26H31N3O3/c1-2-22(24(30)27-19-13-7-4-8-14-19)29-23(17-18-11-5-3-6-12-18)25(31)28-21-16-10-9-15-20(21)26(29)32/h3,5-6,9-12,15-16,19,22-23H,2,4,7-8,13-14,17H2,1H3,(H,27,30)(H,28,31). The van der Waals surface area contributed by atoms with Gasteiger partial charge in [-0.25, -0.2) is 0 Å². The highest BCUT2D eigenvalue weighted by Crippen LogP contribution is 2.28. The minimum Gasteiger partial charge on any atom is -0.352 e. The van der Waals surface area contributed by atoms with Gasteiger partial charge < -0.3 is 15.5 Å². The third-order valence-electron chi connectivity index (χ3n) is 6.54. The lowest BCUT2D eigenvalue weighted by Gasteiger charge is -2.36. The smallest absolute Gasteiger partial charge is 0.257 e. The molecule has 6 nitrogen and oxygen atoms in total. The van der Waals surface area contributed by atoms with E-state index in [-0.39, 0.29) is 23.8 Å². The minimum absolute atomic E-state index is 0.140. The number of anilines is 1. The monoisotopic (exact) mass is 433 g/mol. The molecule has 168 valence electrons. The lowest BCUT2D eigenvalue weighted by Crippen LogP contribution is -2.57. The van der Waals surface area contributed by atoms with Crippen LogP contribution in [0.3, 0.4) is 0 Å². The Labute approximate surface area is 189 Å². The van der Waals surface area contributed by atoms with E-state index in [9.17, 15) is 14.4 Å². The van der Waals surface area contributed by atoms with E-state index in [0.717, 1.165) is 31.2 Å². The van der Waals surface area contributed by atoms with Gasteiger partial charge in [-0.05, 0) is 37.0 Å². The van der Waals surface area contributed by atoms with E-state index < -0.39 is 12.1 Å². The van der Waals surface area contributed by atoms with Gasteiger partial charge in [-0.1, -0.05) is 68.7 Å². The number of rotatable bonds is 6. The zero-order valence-electron chi connectivity index (χ0n) is 18.5. The van der Waals surface area contributed by atoms with Crippen LogP contribution in [0.5, 0.6) is 0 Å². The third kappa shape index (κ3) is 4.69. The van der Waals surface area contributed by atoms with Crippen LogP contribution >= 0.6 is 0 Å². The maximum Gasteiger partial charge on any atom is 0.257 e. The number of hydrogen-bond donors (Lipinski definition) is 2. The molecule has 32 heavy (non-hydrogen) atoms. The number of nitrogens with one attached hydrogen (secondary N) is 2. The number of fused-ring (bicyclic) bond motifs is 1. The van der Waals surface area contributed by atoms with Gasteiger partial charge in [0.05, 0.1) is 11.3 Å². The number of nitrogens with zero attached hydrogens (tertiary/aromatic N) is 1. The van der Waals surface area contributed by atoms with Gasteiger partial charge in [0, 0.05) is 12.5 Å². The molecule has 2 atom stereocenters. The van der Waals surface area contributed by atoms with E-state index in [4.69, 9.17) is 0 Å². The molecule has 0 bridgehead atoms. The van der Waals surface area contributed by atoms with Crippen LogP contribution in [0.15, 0.2) is 54.6 Å². The second-order valence-corrected chi connectivity index (χ2v) is 8.72. The topological polar surface area (TPSA) is 78.5 Å². The Morgan fingerprint density at radius 1 is 1.03 bits per heavy atom. The summed E-state index contributed by atoms with van der Waals surface area (Å²) >= 11 is 0. The van der Waals surface area contributed by atoms with Gasteiger partial charge in [-0.3, -0.25) is 14.4 Å². The van der Waals surface area contributed by atoms with Gasteiger partial charge in [-0.2, -0.15) is 0 Å². The molecule has 0 radical (unpaired) electrons. The van der Waals surface area contributed by atoms with Crippen LogP contribution in [-0.4, -0.2) is 40.7 Å². The predicted octanol–water partition coefficient (Wildman–Crippen LogP) is 3.92. The van der Waals surface area contributed by atoms with Crippen molar-refractivity contribution in [1.82, 2.24) is 10.2 Å². The van der Waals surface area contributed by atoms with Gasteiger partial charge >= 0.3 is 0 Å². The summed E-state index contributed by atoms with van der Waals surface area (Å²) in [6, 6.07) is 15.3. The van der Waals surface area contributed by atoms with Crippen LogP contribution in [0.4, 0.5) is 5.69 Å². The zero-order valence-corrected chi connectivity index (χ0v) is 18.5. The first-order valence-electron chi connectivity index (χ1n) is 11.7. The van der Waals surface area contributed by atoms with Crippen LogP contribution < -0.4 is 10.6 Å². The molecule has 2 N–H and O–H groups in total. The van der Waals surface area contributed by atoms with Crippen LogP contribution in [0, 0.1) is 0 Å². The Hall–Kier alpha value is -3.15. The van der Waals surface area contributed by atoms with Crippen molar-refractivity contribution in [3.05, 3.63) is 65.7 Å². The van der Waals surface area contributed by atoms with Gasteiger partial charge in [0.25, 0.3) is 5.91 Å². The molecule has 4 rings (SSSR count). The number of para-hydroxylation sites is 1. The summed E-state index contributed by atoms with van der Waals surface area (Å²) < 4.78 is 0. The van der Waals surface area contributed by atoms with E-state index in [1.165, 1.54) is 11.3 Å². The number of carbonyl (C=O) groups is 3. The number of hydrogen-bond acceptors (Lipinski definition) is 3. The van der Waals surface area contributed by atoms with Crippen molar-refractivity contribution in [3.8, 4) is 0 Å². The quantitative estimate of drug-likeness (QED) is 0.725. The van der Waals surface area contributed by atoms with Crippen LogP contribution in [-0.2, 0) is 16.0 Å². The van der Waals surface area contributed by atoms with E-state index in [1.54, 1.807) is 24.3 Å². The molecule has 2 aromatic rings. The van der Waals surface area contributed by atoms with Crippen LogP contribution in [0.1, 0.15) is 61.4 Å². The van der Waals surface area contributed by atoms with E-state index in [1.807, 2.05) is 37.3 Å².